The molecule has 1 aliphatic heterocycles. The molecule has 174 valence electrons. The fourth-order valence-electron chi connectivity index (χ4n) is 3.82. The SMILES string of the molecule is CC1CN(S(=O)(=O)c2ccc(C(=O)OC(C)c3nc4ccccc4c(=O)[nH]3)cc2)CC(C)O1. The third-order valence-electron chi connectivity index (χ3n) is 5.41. The van der Waals surface area contributed by atoms with Crippen LogP contribution in [-0.2, 0) is 19.5 Å². The average molecular weight is 472 g/mol. The Bertz CT molecular complexity index is 1330. The van der Waals surface area contributed by atoms with Crippen LogP contribution in [0.2, 0.25) is 0 Å². The number of fused-ring (bicyclic) bond motifs is 1. The molecule has 1 N–H and O–H groups in total. The van der Waals surface area contributed by atoms with Gasteiger partial charge < -0.3 is 14.5 Å². The van der Waals surface area contributed by atoms with Crippen LogP contribution in [0.5, 0.6) is 0 Å². The van der Waals surface area contributed by atoms with Gasteiger partial charge in [0, 0.05) is 13.1 Å². The molecule has 10 heteroatoms. The summed E-state index contributed by atoms with van der Waals surface area (Å²) in [4.78, 5) is 32.0. The summed E-state index contributed by atoms with van der Waals surface area (Å²) in [5, 5.41) is 0.445. The van der Waals surface area contributed by atoms with Crippen molar-refractivity contribution in [2.45, 2.75) is 44.0 Å². The summed E-state index contributed by atoms with van der Waals surface area (Å²) >= 11 is 0. The second-order valence-corrected chi connectivity index (χ2v) is 10.1. The van der Waals surface area contributed by atoms with Crippen molar-refractivity contribution in [3.63, 3.8) is 0 Å². The first kappa shape index (κ1) is 23.1. The molecule has 2 aromatic carbocycles. The van der Waals surface area contributed by atoms with Crippen molar-refractivity contribution < 1.29 is 22.7 Å². The Morgan fingerprint density at radius 2 is 1.76 bits per heavy atom. The molecule has 0 radical (unpaired) electrons. The van der Waals surface area contributed by atoms with Crippen LogP contribution in [0.1, 0.15) is 43.1 Å². The maximum absolute atomic E-state index is 13.0. The van der Waals surface area contributed by atoms with E-state index in [4.69, 9.17) is 9.47 Å². The molecule has 0 aliphatic carbocycles. The number of H-pyrrole nitrogens is 1. The van der Waals surface area contributed by atoms with E-state index in [-0.39, 0.29) is 47.1 Å². The fourth-order valence-corrected chi connectivity index (χ4v) is 5.41. The molecule has 3 aromatic rings. The van der Waals surface area contributed by atoms with Crippen molar-refractivity contribution in [2.24, 2.45) is 0 Å². The third kappa shape index (κ3) is 4.82. The van der Waals surface area contributed by atoms with Crippen LogP contribution in [-0.4, -0.2) is 54.0 Å². The molecule has 1 fully saturated rings. The van der Waals surface area contributed by atoms with Crippen LogP contribution in [0.15, 0.2) is 58.2 Å². The summed E-state index contributed by atoms with van der Waals surface area (Å²) in [6, 6.07) is 12.5. The number of aromatic amines is 1. The first-order chi connectivity index (χ1) is 15.6. The van der Waals surface area contributed by atoms with Gasteiger partial charge in [-0.25, -0.2) is 18.2 Å². The highest BCUT2D eigenvalue weighted by Crippen LogP contribution is 2.22. The number of nitrogens with one attached hydrogen (secondary N) is 1. The quantitative estimate of drug-likeness (QED) is 0.568. The maximum Gasteiger partial charge on any atom is 0.338 e. The number of carbonyl (C=O) groups is 1. The Hall–Kier alpha value is -3.08. The lowest BCUT2D eigenvalue weighted by molar-refractivity contribution is -0.0440. The predicted molar refractivity (Wildman–Crippen MR) is 121 cm³/mol. The van der Waals surface area contributed by atoms with E-state index in [0.29, 0.717) is 10.9 Å². The number of hydrogen-bond acceptors (Lipinski definition) is 7. The number of para-hydroxylation sites is 1. The molecular formula is C23H25N3O6S. The van der Waals surface area contributed by atoms with Gasteiger partial charge in [0.05, 0.1) is 33.6 Å². The Morgan fingerprint density at radius 1 is 1.12 bits per heavy atom. The second kappa shape index (κ2) is 9.05. The minimum atomic E-state index is -3.71. The van der Waals surface area contributed by atoms with Gasteiger partial charge in [-0.2, -0.15) is 4.31 Å². The lowest BCUT2D eigenvalue weighted by Gasteiger charge is -2.34. The highest BCUT2D eigenvalue weighted by Gasteiger charge is 2.32. The van der Waals surface area contributed by atoms with E-state index in [1.165, 1.54) is 28.6 Å². The minimum Gasteiger partial charge on any atom is -0.451 e. The smallest absolute Gasteiger partial charge is 0.338 e. The van der Waals surface area contributed by atoms with Crippen molar-refractivity contribution >= 4 is 26.9 Å². The molecule has 1 aliphatic rings. The van der Waals surface area contributed by atoms with Gasteiger partial charge in [0.1, 0.15) is 0 Å². The molecule has 2 heterocycles. The first-order valence-electron chi connectivity index (χ1n) is 10.6. The Kier molecular flexibility index (Phi) is 6.33. The fraction of sp³-hybridized carbons (Fsp3) is 0.348. The largest absolute Gasteiger partial charge is 0.451 e. The second-order valence-electron chi connectivity index (χ2n) is 8.12. The van der Waals surface area contributed by atoms with Crippen molar-refractivity contribution in [1.29, 1.82) is 0 Å². The first-order valence-corrected chi connectivity index (χ1v) is 12.0. The van der Waals surface area contributed by atoms with E-state index in [1.54, 1.807) is 31.2 Å². The summed E-state index contributed by atoms with van der Waals surface area (Å²) in [5.74, 6) is -0.433. The molecule has 0 bridgehead atoms. The van der Waals surface area contributed by atoms with Gasteiger partial charge in [0.15, 0.2) is 11.9 Å². The number of nitrogens with zero attached hydrogens (tertiary/aromatic N) is 2. The van der Waals surface area contributed by atoms with E-state index in [2.05, 4.69) is 9.97 Å². The zero-order chi connectivity index (χ0) is 23.8. The van der Waals surface area contributed by atoms with E-state index in [9.17, 15) is 18.0 Å². The molecule has 33 heavy (non-hydrogen) atoms. The summed E-state index contributed by atoms with van der Waals surface area (Å²) in [6.45, 7) is 5.80. The van der Waals surface area contributed by atoms with Gasteiger partial charge in [-0.15, -0.1) is 0 Å². The van der Waals surface area contributed by atoms with Crippen molar-refractivity contribution in [3.05, 3.63) is 70.3 Å². The summed E-state index contributed by atoms with van der Waals surface area (Å²) < 4.78 is 38.4. The third-order valence-corrected chi connectivity index (χ3v) is 7.26. The Balaban J connectivity index is 1.49. The summed E-state index contributed by atoms with van der Waals surface area (Å²) in [6.07, 6.45) is -1.21. The van der Waals surface area contributed by atoms with Gasteiger partial charge in [0.2, 0.25) is 10.0 Å². The zero-order valence-electron chi connectivity index (χ0n) is 18.5. The molecular weight excluding hydrogens is 446 g/mol. The van der Waals surface area contributed by atoms with E-state index < -0.39 is 22.1 Å². The van der Waals surface area contributed by atoms with Crippen LogP contribution in [0, 0.1) is 0 Å². The normalized spacial score (nSPS) is 20.5. The molecule has 0 saturated carbocycles. The Labute approximate surface area is 191 Å². The topological polar surface area (TPSA) is 119 Å². The number of ether oxygens (including phenoxy) is 2. The van der Waals surface area contributed by atoms with Gasteiger partial charge in [-0.1, -0.05) is 12.1 Å². The standard InChI is InChI=1S/C23H25N3O6S/c1-14-12-26(13-15(2)31-14)33(29,30)18-10-8-17(9-11-18)23(28)32-16(3)21-24-20-7-5-4-6-19(20)22(27)25-21/h4-11,14-16H,12-13H2,1-3H3,(H,24,25,27). The highest BCUT2D eigenvalue weighted by atomic mass is 32.2. The molecule has 3 unspecified atom stereocenters. The van der Waals surface area contributed by atoms with Gasteiger partial charge >= 0.3 is 5.97 Å². The number of hydrogen-bond donors (Lipinski definition) is 1. The minimum absolute atomic E-state index is 0.0916. The summed E-state index contributed by atoms with van der Waals surface area (Å²) in [7, 11) is -3.71. The molecule has 0 spiro atoms. The molecule has 9 nitrogen and oxygen atoms in total. The van der Waals surface area contributed by atoms with Crippen molar-refractivity contribution in [1.82, 2.24) is 14.3 Å². The van der Waals surface area contributed by atoms with E-state index >= 15 is 0 Å². The van der Waals surface area contributed by atoms with Crippen LogP contribution in [0.25, 0.3) is 10.9 Å². The molecule has 4 rings (SSSR count). The van der Waals surface area contributed by atoms with Gasteiger partial charge in [0.25, 0.3) is 5.56 Å². The number of aromatic nitrogens is 2. The number of carbonyl (C=O) groups excluding carboxylic acids is 1. The van der Waals surface area contributed by atoms with Crippen LogP contribution >= 0.6 is 0 Å². The van der Waals surface area contributed by atoms with Gasteiger partial charge in [-0.3, -0.25) is 4.79 Å². The average Bonchev–Trinajstić information content (AvgIpc) is 2.78. The number of morpholine rings is 1. The van der Waals surface area contributed by atoms with Crippen LogP contribution in [0.3, 0.4) is 0 Å². The molecule has 0 amide bonds. The maximum atomic E-state index is 13.0. The lowest BCUT2D eigenvalue weighted by Crippen LogP contribution is -2.48. The lowest BCUT2D eigenvalue weighted by atomic mass is 10.2. The van der Waals surface area contributed by atoms with E-state index in [0.717, 1.165) is 0 Å². The summed E-state index contributed by atoms with van der Waals surface area (Å²) in [5.41, 5.74) is 0.368. The van der Waals surface area contributed by atoms with Crippen molar-refractivity contribution in [2.75, 3.05) is 13.1 Å². The highest BCUT2D eigenvalue weighted by molar-refractivity contribution is 7.89. The predicted octanol–water partition coefficient (Wildman–Crippen LogP) is 2.64. The van der Waals surface area contributed by atoms with Crippen LogP contribution < -0.4 is 5.56 Å². The number of sulfonamides is 1. The molecule has 1 saturated heterocycles. The number of rotatable bonds is 5. The van der Waals surface area contributed by atoms with Gasteiger partial charge in [-0.05, 0) is 57.2 Å². The number of benzene rings is 2. The number of esters is 1. The molecule has 1 aromatic heterocycles. The van der Waals surface area contributed by atoms with Crippen LogP contribution in [0.4, 0.5) is 0 Å². The van der Waals surface area contributed by atoms with E-state index in [1.807, 2.05) is 13.8 Å². The monoisotopic (exact) mass is 471 g/mol. The van der Waals surface area contributed by atoms with Crippen molar-refractivity contribution in [3.8, 4) is 0 Å². The zero-order valence-corrected chi connectivity index (χ0v) is 19.3. The molecule has 3 atom stereocenters. The Morgan fingerprint density at radius 3 is 2.42 bits per heavy atom.